The van der Waals surface area contributed by atoms with Gasteiger partial charge in [-0.25, -0.2) is 9.97 Å². The number of hydrogen-bond donors (Lipinski definition) is 1. The maximum Gasteiger partial charge on any atom is 0.234 e. The van der Waals surface area contributed by atoms with E-state index in [0.717, 1.165) is 45.3 Å². The summed E-state index contributed by atoms with van der Waals surface area (Å²) in [4.78, 5) is 21.3. The highest BCUT2D eigenvalue weighted by molar-refractivity contribution is 7.99. The molecule has 3 aromatic rings. The molecule has 0 saturated carbocycles. The number of amides is 1. The number of anilines is 1. The van der Waals surface area contributed by atoms with Crippen molar-refractivity contribution in [3.63, 3.8) is 0 Å². The summed E-state index contributed by atoms with van der Waals surface area (Å²) in [5.41, 5.74) is 4.97. The zero-order valence-corrected chi connectivity index (χ0v) is 19.5. The van der Waals surface area contributed by atoms with Gasteiger partial charge < -0.3 is 9.88 Å². The molecule has 0 fully saturated rings. The van der Waals surface area contributed by atoms with E-state index in [0.29, 0.717) is 5.75 Å². The molecule has 1 amide bonds. The van der Waals surface area contributed by atoms with Crippen molar-refractivity contribution in [3.8, 4) is 0 Å². The summed E-state index contributed by atoms with van der Waals surface area (Å²) in [7, 11) is 0. The highest BCUT2D eigenvalue weighted by Crippen LogP contribution is 2.23. The van der Waals surface area contributed by atoms with Gasteiger partial charge in [0.25, 0.3) is 0 Å². The van der Waals surface area contributed by atoms with E-state index in [4.69, 9.17) is 0 Å². The second-order valence-corrected chi connectivity index (χ2v) is 8.91. The van der Waals surface area contributed by atoms with E-state index in [1.165, 1.54) is 29.1 Å². The number of aromatic nitrogens is 5. The van der Waals surface area contributed by atoms with Crippen molar-refractivity contribution in [2.75, 3.05) is 11.1 Å². The predicted octanol–water partition coefficient (Wildman–Crippen LogP) is 4.34. The molecule has 30 heavy (non-hydrogen) atoms. The predicted molar refractivity (Wildman–Crippen MR) is 122 cm³/mol. The Bertz CT molecular complexity index is 1030. The molecule has 0 atom stereocenters. The summed E-state index contributed by atoms with van der Waals surface area (Å²) in [6.07, 6.45) is 0. The van der Waals surface area contributed by atoms with Gasteiger partial charge in [0.1, 0.15) is 5.82 Å². The molecule has 158 valence electrons. The Kier molecular flexibility index (Phi) is 7.49. The second kappa shape index (κ2) is 10.1. The van der Waals surface area contributed by atoms with Crippen molar-refractivity contribution in [3.05, 3.63) is 52.6 Å². The van der Waals surface area contributed by atoms with Gasteiger partial charge in [-0.15, -0.1) is 10.2 Å². The first kappa shape index (κ1) is 22.3. The van der Waals surface area contributed by atoms with Crippen LogP contribution in [-0.2, 0) is 17.1 Å². The van der Waals surface area contributed by atoms with Crippen molar-refractivity contribution in [1.82, 2.24) is 24.7 Å². The summed E-state index contributed by atoms with van der Waals surface area (Å²) in [6, 6.07) is 7.94. The topological polar surface area (TPSA) is 85.6 Å². The number of benzene rings is 1. The molecular formula is C21H26N6OS2. The zero-order chi connectivity index (χ0) is 21.7. The van der Waals surface area contributed by atoms with Crippen LogP contribution in [0.3, 0.4) is 0 Å². The standard InChI is InChI=1S/C21H26N6OS2/c1-6-27-18(11-29-20-22-15(4)10-16(5)23-20)25-26-21(27)30-12-19(28)24-17-8-7-13(2)9-14(17)3/h7-10H,6,11-12H2,1-5H3,(H,24,28). The molecule has 0 unspecified atom stereocenters. The first-order valence-electron chi connectivity index (χ1n) is 9.72. The van der Waals surface area contributed by atoms with Crippen molar-refractivity contribution in [2.45, 2.75) is 57.2 Å². The molecule has 0 bridgehead atoms. The molecule has 0 aliphatic carbocycles. The molecular weight excluding hydrogens is 416 g/mol. The van der Waals surface area contributed by atoms with Crippen LogP contribution in [0.1, 0.15) is 35.3 Å². The quantitative estimate of drug-likeness (QED) is 0.410. The number of nitrogens with one attached hydrogen (secondary N) is 1. The molecule has 2 heterocycles. The van der Waals surface area contributed by atoms with Gasteiger partial charge in [0.15, 0.2) is 10.3 Å². The minimum atomic E-state index is -0.0582. The van der Waals surface area contributed by atoms with Crippen LogP contribution in [0.2, 0.25) is 0 Å². The van der Waals surface area contributed by atoms with Crippen LogP contribution in [0, 0.1) is 27.7 Å². The molecule has 1 aromatic carbocycles. The minimum absolute atomic E-state index is 0.0582. The first-order chi connectivity index (χ1) is 14.4. The zero-order valence-electron chi connectivity index (χ0n) is 17.9. The average Bonchev–Trinajstić information content (AvgIpc) is 3.08. The SMILES string of the molecule is CCn1c(CSc2nc(C)cc(C)n2)nnc1SCC(=O)Nc1ccc(C)cc1C. The lowest BCUT2D eigenvalue weighted by atomic mass is 10.1. The Morgan fingerprint density at radius 2 is 1.77 bits per heavy atom. The van der Waals surface area contributed by atoms with E-state index in [-0.39, 0.29) is 11.7 Å². The highest BCUT2D eigenvalue weighted by atomic mass is 32.2. The van der Waals surface area contributed by atoms with Crippen LogP contribution >= 0.6 is 23.5 Å². The van der Waals surface area contributed by atoms with Crippen LogP contribution in [-0.4, -0.2) is 36.4 Å². The molecule has 3 rings (SSSR count). The maximum absolute atomic E-state index is 12.4. The molecule has 7 nitrogen and oxygen atoms in total. The van der Waals surface area contributed by atoms with Gasteiger partial charge in [-0.05, 0) is 52.3 Å². The number of aryl methyl sites for hydroxylation is 4. The third kappa shape index (κ3) is 5.82. The van der Waals surface area contributed by atoms with Crippen LogP contribution < -0.4 is 5.32 Å². The number of nitrogens with zero attached hydrogens (tertiary/aromatic N) is 5. The Labute approximate surface area is 185 Å². The number of carbonyl (C=O) groups is 1. The third-order valence-corrected chi connectivity index (χ3v) is 6.20. The third-order valence-electron chi connectivity index (χ3n) is 4.39. The van der Waals surface area contributed by atoms with Crippen molar-refractivity contribution >= 4 is 35.1 Å². The smallest absolute Gasteiger partial charge is 0.234 e. The number of thioether (sulfide) groups is 2. The van der Waals surface area contributed by atoms with Crippen molar-refractivity contribution < 1.29 is 4.79 Å². The lowest BCUT2D eigenvalue weighted by Gasteiger charge is -2.10. The monoisotopic (exact) mass is 442 g/mol. The van der Waals surface area contributed by atoms with E-state index in [9.17, 15) is 4.79 Å². The lowest BCUT2D eigenvalue weighted by Crippen LogP contribution is -2.15. The normalized spacial score (nSPS) is 11.0. The van der Waals surface area contributed by atoms with Gasteiger partial charge in [0, 0.05) is 23.6 Å². The molecule has 2 aromatic heterocycles. The average molecular weight is 443 g/mol. The van der Waals surface area contributed by atoms with Crippen molar-refractivity contribution in [2.24, 2.45) is 0 Å². The van der Waals surface area contributed by atoms with E-state index in [1.807, 2.05) is 57.4 Å². The van der Waals surface area contributed by atoms with Crippen LogP contribution in [0.4, 0.5) is 5.69 Å². The van der Waals surface area contributed by atoms with E-state index >= 15 is 0 Å². The molecule has 0 saturated heterocycles. The van der Waals surface area contributed by atoms with Gasteiger partial charge >= 0.3 is 0 Å². The number of rotatable bonds is 8. The van der Waals surface area contributed by atoms with Gasteiger partial charge in [-0.1, -0.05) is 41.2 Å². The summed E-state index contributed by atoms with van der Waals surface area (Å²) in [6.45, 7) is 10.7. The minimum Gasteiger partial charge on any atom is -0.325 e. The molecule has 1 N–H and O–H groups in total. The number of carbonyl (C=O) groups excluding carboxylic acids is 1. The Morgan fingerprint density at radius 1 is 1.03 bits per heavy atom. The largest absolute Gasteiger partial charge is 0.325 e. The highest BCUT2D eigenvalue weighted by Gasteiger charge is 2.14. The summed E-state index contributed by atoms with van der Waals surface area (Å²) in [5.74, 6) is 1.69. The Balaban J connectivity index is 1.60. The fourth-order valence-electron chi connectivity index (χ4n) is 3.01. The molecule has 0 aliphatic rings. The number of hydrogen-bond acceptors (Lipinski definition) is 7. The molecule has 0 radical (unpaired) electrons. The molecule has 0 aliphatic heterocycles. The van der Waals surface area contributed by atoms with Gasteiger partial charge in [0.2, 0.25) is 5.91 Å². The fourth-order valence-corrected chi connectivity index (χ4v) is 4.72. The second-order valence-electron chi connectivity index (χ2n) is 7.02. The fraction of sp³-hybridized carbons (Fsp3) is 0.381. The summed E-state index contributed by atoms with van der Waals surface area (Å²) >= 11 is 2.93. The Morgan fingerprint density at radius 3 is 2.43 bits per heavy atom. The maximum atomic E-state index is 12.4. The Hall–Kier alpha value is -2.39. The summed E-state index contributed by atoms with van der Waals surface area (Å²) < 4.78 is 2.03. The van der Waals surface area contributed by atoms with Crippen LogP contribution in [0.5, 0.6) is 0 Å². The van der Waals surface area contributed by atoms with E-state index < -0.39 is 0 Å². The van der Waals surface area contributed by atoms with E-state index in [2.05, 4.69) is 31.5 Å². The van der Waals surface area contributed by atoms with Gasteiger partial charge in [0.05, 0.1) is 11.5 Å². The van der Waals surface area contributed by atoms with Crippen LogP contribution in [0.15, 0.2) is 34.6 Å². The van der Waals surface area contributed by atoms with E-state index in [1.54, 1.807) is 0 Å². The van der Waals surface area contributed by atoms with Crippen LogP contribution in [0.25, 0.3) is 0 Å². The summed E-state index contributed by atoms with van der Waals surface area (Å²) in [5, 5.41) is 13.0. The molecule has 9 heteroatoms. The first-order valence-corrected chi connectivity index (χ1v) is 11.7. The van der Waals surface area contributed by atoms with Gasteiger partial charge in [-0.3, -0.25) is 4.79 Å². The lowest BCUT2D eigenvalue weighted by molar-refractivity contribution is -0.113. The van der Waals surface area contributed by atoms with Crippen molar-refractivity contribution in [1.29, 1.82) is 0 Å². The molecule has 0 spiro atoms. The van der Waals surface area contributed by atoms with Gasteiger partial charge in [-0.2, -0.15) is 0 Å².